The van der Waals surface area contributed by atoms with Crippen molar-refractivity contribution in [2.24, 2.45) is 0 Å². The maximum Gasteiger partial charge on any atom is 0.264 e. The molecule has 0 spiro atoms. The van der Waals surface area contributed by atoms with E-state index in [2.05, 4.69) is 16.9 Å². The fraction of sp³-hybridized carbons (Fsp3) is 0.286. The van der Waals surface area contributed by atoms with E-state index in [4.69, 9.17) is 4.74 Å². The molecular weight excluding hydrogens is 355 g/mol. The standard InChI is InChI=1S/C14H15IN2O2/c1-3-9-4-6-10(7-5-9)13-16-11(8-19-2)12(15)14(18)17-13/h4-7H,3,8H2,1-2H3,(H,16,17,18). The largest absolute Gasteiger partial charge is 0.378 e. The fourth-order valence-corrected chi connectivity index (χ4v) is 2.18. The van der Waals surface area contributed by atoms with Crippen molar-refractivity contribution in [1.82, 2.24) is 9.97 Å². The summed E-state index contributed by atoms with van der Waals surface area (Å²) in [6, 6.07) is 8.04. The first-order chi connectivity index (χ1) is 9.15. The number of aromatic amines is 1. The molecule has 1 aromatic carbocycles. The number of aryl methyl sites for hydroxylation is 1. The second-order valence-electron chi connectivity index (χ2n) is 4.16. The zero-order chi connectivity index (χ0) is 13.8. The fourth-order valence-electron chi connectivity index (χ4n) is 1.77. The number of hydrogen-bond acceptors (Lipinski definition) is 3. The van der Waals surface area contributed by atoms with Gasteiger partial charge in [0, 0.05) is 12.7 Å². The summed E-state index contributed by atoms with van der Waals surface area (Å²) in [7, 11) is 1.59. The molecule has 0 atom stereocenters. The summed E-state index contributed by atoms with van der Waals surface area (Å²) in [4.78, 5) is 19.1. The van der Waals surface area contributed by atoms with E-state index in [0.717, 1.165) is 12.0 Å². The van der Waals surface area contributed by atoms with Crippen LogP contribution in [-0.2, 0) is 17.8 Å². The Morgan fingerprint density at radius 1 is 1.32 bits per heavy atom. The van der Waals surface area contributed by atoms with Crippen molar-refractivity contribution < 1.29 is 4.74 Å². The van der Waals surface area contributed by atoms with Crippen LogP contribution in [0.4, 0.5) is 0 Å². The summed E-state index contributed by atoms with van der Waals surface area (Å²) in [6.45, 7) is 2.44. The van der Waals surface area contributed by atoms with Gasteiger partial charge in [-0.3, -0.25) is 4.79 Å². The number of hydrogen-bond donors (Lipinski definition) is 1. The normalized spacial score (nSPS) is 10.7. The lowest BCUT2D eigenvalue weighted by atomic mass is 10.1. The van der Waals surface area contributed by atoms with Crippen molar-refractivity contribution in [2.75, 3.05) is 7.11 Å². The SMILES string of the molecule is CCc1ccc(-c2nc(COC)c(I)c(=O)[nH]2)cc1. The lowest BCUT2D eigenvalue weighted by molar-refractivity contribution is 0.180. The number of halogens is 1. The van der Waals surface area contributed by atoms with Crippen LogP contribution in [0.15, 0.2) is 29.1 Å². The first-order valence-electron chi connectivity index (χ1n) is 6.02. The molecule has 0 unspecified atom stereocenters. The third-order valence-corrected chi connectivity index (χ3v) is 3.96. The zero-order valence-electron chi connectivity index (χ0n) is 10.9. The Kier molecular flexibility index (Phi) is 4.71. The van der Waals surface area contributed by atoms with Crippen LogP contribution in [0, 0.1) is 3.57 Å². The molecule has 0 radical (unpaired) electrons. The summed E-state index contributed by atoms with van der Waals surface area (Å²) < 4.78 is 5.65. The summed E-state index contributed by atoms with van der Waals surface area (Å²) in [6.07, 6.45) is 0.992. The van der Waals surface area contributed by atoms with E-state index in [-0.39, 0.29) is 5.56 Å². The molecule has 0 aliphatic carbocycles. The molecule has 0 amide bonds. The maximum atomic E-state index is 11.9. The van der Waals surface area contributed by atoms with Crippen LogP contribution in [0.5, 0.6) is 0 Å². The minimum Gasteiger partial charge on any atom is -0.378 e. The number of H-pyrrole nitrogens is 1. The molecule has 0 saturated carbocycles. The molecule has 1 aromatic heterocycles. The molecule has 4 nitrogen and oxygen atoms in total. The van der Waals surface area contributed by atoms with Crippen molar-refractivity contribution in [3.8, 4) is 11.4 Å². The Balaban J connectivity index is 2.46. The first-order valence-corrected chi connectivity index (χ1v) is 7.10. The highest BCUT2D eigenvalue weighted by Gasteiger charge is 2.10. The number of benzene rings is 1. The van der Waals surface area contributed by atoms with Crippen LogP contribution in [-0.4, -0.2) is 17.1 Å². The van der Waals surface area contributed by atoms with Gasteiger partial charge in [0.1, 0.15) is 9.39 Å². The predicted molar refractivity (Wildman–Crippen MR) is 83.1 cm³/mol. The minimum atomic E-state index is -0.128. The number of nitrogens with one attached hydrogen (secondary N) is 1. The smallest absolute Gasteiger partial charge is 0.264 e. The molecule has 0 aliphatic rings. The van der Waals surface area contributed by atoms with E-state index >= 15 is 0 Å². The van der Waals surface area contributed by atoms with E-state index in [9.17, 15) is 4.79 Å². The van der Waals surface area contributed by atoms with Crippen molar-refractivity contribution in [2.45, 2.75) is 20.0 Å². The quantitative estimate of drug-likeness (QED) is 0.843. The molecular formula is C14H15IN2O2. The lowest BCUT2D eigenvalue weighted by Crippen LogP contribution is -2.16. The number of rotatable bonds is 4. The number of ether oxygens (including phenoxy) is 1. The van der Waals surface area contributed by atoms with Crippen LogP contribution in [0.2, 0.25) is 0 Å². The van der Waals surface area contributed by atoms with E-state index in [1.165, 1.54) is 5.56 Å². The Bertz CT molecular complexity index is 620. The predicted octanol–water partition coefficient (Wildman–Crippen LogP) is 2.75. The maximum absolute atomic E-state index is 11.9. The third kappa shape index (κ3) is 3.22. The molecule has 100 valence electrons. The van der Waals surface area contributed by atoms with E-state index in [0.29, 0.717) is 21.7 Å². The van der Waals surface area contributed by atoms with Gasteiger partial charge in [0.15, 0.2) is 0 Å². The van der Waals surface area contributed by atoms with Gasteiger partial charge in [0.2, 0.25) is 0 Å². The van der Waals surface area contributed by atoms with Crippen LogP contribution < -0.4 is 5.56 Å². The molecule has 19 heavy (non-hydrogen) atoms. The molecule has 0 fully saturated rings. The van der Waals surface area contributed by atoms with Crippen LogP contribution in [0.1, 0.15) is 18.2 Å². The van der Waals surface area contributed by atoms with Gasteiger partial charge < -0.3 is 9.72 Å². The van der Waals surface area contributed by atoms with Gasteiger partial charge >= 0.3 is 0 Å². The number of nitrogens with zero attached hydrogens (tertiary/aromatic N) is 1. The zero-order valence-corrected chi connectivity index (χ0v) is 13.0. The Morgan fingerprint density at radius 3 is 2.58 bits per heavy atom. The summed E-state index contributed by atoms with van der Waals surface area (Å²) in [5, 5.41) is 0. The molecule has 5 heteroatoms. The average molecular weight is 370 g/mol. The number of methoxy groups -OCH3 is 1. The second kappa shape index (κ2) is 6.29. The number of aromatic nitrogens is 2. The lowest BCUT2D eigenvalue weighted by Gasteiger charge is -2.06. The van der Waals surface area contributed by atoms with Crippen molar-refractivity contribution in [1.29, 1.82) is 0 Å². The first kappa shape index (κ1) is 14.2. The van der Waals surface area contributed by atoms with Crippen LogP contribution in [0.25, 0.3) is 11.4 Å². The Morgan fingerprint density at radius 2 is 2.00 bits per heavy atom. The van der Waals surface area contributed by atoms with Crippen LogP contribution >= 0.6 is 22.6 Å². The average Bonchev–Trinajstić information content (AvgIpc) is 2.44. The van der Waals surface area contributed by atoms with Gasteiger partial charge in [0.25, 0.3) is 5.56 Å². The van der Waals surface area contributed by atoms with Gasteiger partial charge in [-0.15, -0.1) is 0 Å². The van der Waals surface area contributed by atoms with Crippen LogP contribution in [0.3, 0.4) is 0 Å². The Labute approximate surface area is 125 Å². The molecule has 2 rings (SSSR count). The van der Waals surface area contributed by atoms with Crippen molar-refractivity contribution in [3.05, 3.63) is 49.4 Å². The highest BCUT2D eigenvalue weighted by atomic mass is 127. The van der Waals surface area contributed by atoms with Gasteiger partial charge in [-0.1, -0.05) is 31.2 Å². The summed E-state index contributed by atoms with van der Waals surface area (Å²) in [5.41, 5.74) is 2.70. The molecule has 2 aromatic rings. The Hall–Kier alpha value is -1.21. The van der Waals surface area contributed by atoms with Crippen molar-refractivity contribution >= 4 is 22.6 Å². The molecule has 0 aliphatic heterocycles. The second-order valence-corrected chi connectivity index (χ2v) is 5.24. The summed E-state index contributed by atoms with van der Waals surface area (Å²) in [5.74, 6) is 0.583. The van der Waals surface area contributed by atoms with Crippen molar-refractivity contribution in [3.63, 3.8) is 0 Å². The highest BCUT2D eigenvalue weighted by molar-refractivity contribution is 14.1. The molecule has 0 saturated heterocycles. The van der Waals surface area contributed by atoms with Gasteiger partial charge in [-0.05, 0) is 34.6 Å². The highest BCUT2D eigenvalue weighted by Crippen LogP contribution is 2.17. The molecule has 0 bridgehead atoms. The van der Waals surface area contributed by atoms with E-state index in [1.807, 2.05) is 46.9 Å². The van der Waals surface area contributed by atoms with Gasteiger partial charge in [-0.25, -0.2) is 4.98 Å². The van der Waals surface area contributed by atoms with E-state index in [1.54, 1.807) is 7.11 Å². The minimum absolute atomic E-state index is 0.128. The van der Waals surface area contributed by atoms with Gasteiger partial charge in [0.05, 0.1) is 12.3 Å². The summed E-state index contributed by atoms with van der Waals surface area (Å²) >= 11 is 1.99. The molecule has 1 N–H and O–H groups in total. The van der Waals surface area contributed by atoms with E-state index < -0.39 is 0 Å². The third-order valence-electron chi connectivity index (χ3n) is 2.85. The molecule has 1 heterocycles. The monoisotopic (exact) mass is 370 g/mol. The van der Waals surface area contributed by atoms with Gasteiger partial charge in [-0.2, -0.15) is 0 Å². The topological polar surface area (TPSA) is 55.0 Å².